The van der Waals surface area contributed by atoms with Gasteiger partial charge >= 0.3 is 0 Å². The van der Waals surface area contributed by atoms with Gasteiger partial charge in [0.1, 0.15) is 12.2 Å². The lowest BCUT2D eigenvalue weighted by Gasteiger charge is -2.18. The lowest BCUT2D eigenvalue weighted by Crippen LogP contribution is -2.36. The van der Waals surface area contributed by atoms with Crippen molar-refractivity contribution in [3.05, 3.63) is 12.2 Å². The predicted molar refractivity (Wildman–Crippen MR) is 67.7 cm³/mol. The third-order valence-electron chi connectivity index (χ3n) is 3.10. The summed E-state index contributed by atoms with van der Waals surface area (Å²) in [4.78, 5) is 4.36. The van der Waals surface area contributed by atoms with E-state index in [0.717, 1.165) is 25.3 Å². The second kappa shape index (κ2) is 5.68. The summed E-state index contributed by atoms with van der Waals surface area (Å²) in [6, 6.07) is 0.650. The summed E-state index contributed by atoms with van der Waals surface area (Å²) in [5.74, 6) is 4.32. The zero-order chi connectivity index (χ0) is 11.4. The molecule has 0 spiro atoms. The lowest BCUT2D eigenvalue weighted by molar-refractivity contribution is 0.417. The Balaban J connectivity index is 1.98. The average molecular weight is 240 g/mol. The van der Waals surface area contributed by atoms with Crippen LogP contribution in [0.4, 0.5) is 0 Å². The first-order valence-electron chi connectivity index (χ1n) is 6.03. The summed E-state index contributed by atoms with van der Waals surface area (Å²) < 4.78 is 2.01. The van der Waals surface area contributed by atoms with E-state index >= 15 is 0 Å². The number of aryl methyl sites for hydroxylation is 1. The minimum Gasteiger partial charge on any atom is -0.313 e. The highest BCUT2D eigenvalue weighted by atomic mass is 32.2. The van der Waals surface area contributed by atoms with Crippen molar-refractivity contribution in [2.75, 3.05) is 18.1 Å². The van der Waals surface area contributed by atoms with Crippen molar-refractivity contribution >= 4 is 11.8 Å². The minimum absolute atomic E-state index is 0.650. The quantitative estimate of drug-likeness (QED) is 0.839. The number of thioether (sulfide) groups is 1. The van der Waals surface area contributed by atoms with Crippen LogP contribution < -0.4 is 5.32 Å². The van der Waals surface area contributed by atoms with Gasteiger partial charge in [0, 0.05) is 24.8 Å². The van der Waals surface area contributed by atoms with Crippen molar-refractivity contribution in [2.45, 2.75) is 32.9 Å². The molecule has 1 aromatic rings. The van der Waals surface area contributed by atoms with Crippen molar-refractivity contribution < 1.29 is 0 Å². The van der Waals surface area contributed by atoms with Gasteiger partial charge in [-0.15, -0.1) is 0 Å². The Bertz CT molecular complexity index is 326. The van der Waals surface area contributed by atoms with E-state index in [1.54, 1.807) is 6.33 Å². The van der Waals surface area contributed by atoms with Crippen LogP contribution in [0, 0.1) is 5.92 Å². The van der Waals surface area contributed by atoms with Crippen LogP contribution in [0.15, 0.2) is 6.33 Å². The third kappa shape index (κ3) is 2.58. The molecule has 2 rings (SSSR count). The van der Waals surface area contributed by atoms with Gasteiger partial charge in [-0.1, -0.05) is 6.92 Å². The molecule has 2 heterocycles. The fourth-order valence-corrected chi connectivity index (χ4v) is 3.67. The average Bonchev–Trinajstić information content (AvgIpc) is 2.89. The van der Waals surface area contributed by atoms with Crippen molar-refractivity contribution in [3.63, 3.8) is 0 Å². The smallest absolute Gasteiger partial charge is 0.138 e. The maximum absolute atomic E-state index is 4.36. The monoisotopic (exact) mass is 240 g/mol. The molecule has 0 saturated carbocycles. The van der Waals surface area contributed by atoms with Crippen molar-refractivity contribution in [1.82, 2.24) is 20.1 Å². The van der Waals surface area contributed by atoms with Crippen LogP contribution in [-0.4, -0.2) is 38.9 Å². The first kappa shape index (κ1) is 11.9. The van der Waals surface area contributed by atoms with Gasteiger partial charge in [-0.3, -0.25) is 4.68 Å². The molecular weight excluding hydrogens is 220 g/mol. The Morgan fingerprint density at radius 1 is 1.50 bits per heavy atom. The van der Waals surface area contributed by atoms with Gasteiger partial charge in [0.2, 0.25) is 0 Å². The fraction of sp³-hybridized carbons (Fsp3) is 0.818. The van der Waals surface area contributed by atoms with Crippen molar-refractivity contribution in [1.29, 1.82) is 0 Å². The number of nitrogens with zero attached hydrogens (tertiary/aromatic N) is 3. The Hall–Kier alpha value is -0.550. The number of hydrogen-bond acceptors (Lipinski definition) is 4. The molecule has 0 bridgehead atoms. The molecule has 4 nitrogen and oxygen atoms in total. The van der Waals surface area contributed by atoms with Gasteiger partial charge in [0.25, 0.3) is 0 Å². The highest BCUT2D eigenvalue weighted by Crippen LogP contribution is 2.26. The SMILES string of the molecule is CCNC1CSCC1Cc1ncnn1CC. The first-order valence-corrected chi connectivity index (χ1v) is 7.18. The topological polar surface area (TPSA) is 42.7 Å². The van der Waals surface area contributed by atoms with Gasteiger partial charge in [-0.25, -0.2) is 4.98 Å². The van der Waals surface area contributed by atoms with Gasteiger partial charge in [-0.05, 0) is 25.1 Å². The Kier molecular flexibility index (Phi) is 4.23. The highest BCUT2D eigenvalue weighted by molar-refractivity contribution is 7.99. The summed E-state index contributed by atoms with van der Waals surface area (Å²) in [5.41, 5.74) is 0. The molecule has 0 amide bonds. The molecule has 0 aliphatic carbocycles. The molecule has 1 aliphatic heterocycles. The molecule has 5 heteroatoms. The van der Waals surface area contributed by atoms with E-state index in [4.69, 9.17) is 0 Å². The minimum atomic E-state index is 0.650. The molecule has 2 atom stereocenters. The fourth-order valence-electron chi connectivity index (χ4n) is 2.23. The molecule has 2 unspecified atom stereocenters. The van der Waals surface area contributed by atoms with Crippen molar-refractivity contribution in [3.8, 4) is 0 Å². The normalized spacial score (nSPS) is 25.1. The van der Waals surface area contributed by atoms with E-state index < -0.39 is 0 Å². The zero-order valence-corrected chi connectivity index (χ0v) is 10.8. The van der Waals surface area contributed by atoms with Gasteiger partial charge in [0.15, 0.2) is 0 Å². The first-order chi connectivity index (χ1) is 7.85. The molecule has 1 aliphatic rings. The molecule has 1 aromatic heterocycles. The summed E-state index contributed by atoms with van der Waals surface area (Å²) in [6.45, 7) is 6.27. The van der Waals surface area contributed by atoms with Crippen LogP contribution in [-0.2, 0) is 13.0 Å². The van der Waals surface area contributed by atoms with Gasteiger partial charge in [-0.2, -0.15) is 16.9 Å². The van der Waals surface area contributed by atoms with Crippen LogP contribution in [0.25, 0.3) is 0 Å². The van der Waals surface area contributed by atoms with Gasteiger partial charge < -0.3 is 5.32 Å². The summed E-state index contributed by atoms with van der Waals surface area (Å²) >= 11 is 2.05. The molecule has 90 valence electrons. The molecule has 0 aromatic carbocycles. The Morgan fingerprint density at radius 3 is 3.12 bits per heavy atom. The second-order valence-electron chi connectivity index (χ2n) is 4.16. The third-order valence-corrected chi connectivity index (χ3v) is 4.36. The van der Waals surface area contributed by atoms with Gasteiger partial charge in [0.05, 0.1) is 0 Å². The van der Waals surface area contributed by atoms with E-state index in [0.29, 0.717) is 12.0 Å². The maximum Gasteiger partial charge on any atom is 0.138 e. The number of nitrogens with one attached hydrogen (secondary N) is 1. The maximum atomic E-state index is 4.36. The summed E-state index contributed by atoms with van der Waals surface area (Å²) in [6.07, 6.45) is 2.72. The van der Waals surface area contributed by atoms with E-state index in [-0.39, 0.29) is 0 Å². The molecule has 0 radical (unpaired) electrons. The number of aromatic nitrogens is 3. The summed E-state index contributed by atoms with van der Waals surface area (Å²) in [5, 5.41) is 7.79. The van der Waals surface area contributed by atoms with Crippen LogP contribution >= 0.6 is 11.8 Å². The van der Waals surface area contributed by atoms with E-state index in [2.05, 4.69) is 29.2 Å². The van der Waals surface area contributed by atoms with Crippen molar-refractivity contribution in [2.24, 2.45) is 5.92 Å². The van der Waals surface area contributed by atoms with Crippen LogP contribution in [0.1, 0.15) is 19.7 Å². The van der Waals surface area contributed by atoms with E-state index in [9.17, 15) is 0 Å². The van der Waals surface area contributed by atoms with Crippen LogP contribution in [0.5, 0.6) is 0 Å². The predicted octanol–water partition coefficient (Wildman–Crippen LogP) is 1.18. The van der Waals surface area contributed by atoms with Crippen LogP contribution in [0.2, 0.25) is 0 Å². The second-order valence-corrected chi connectivity index (χ2v) is 5.23. The Morgan fingerprint density at radius 2 is 2.38 bits per heavy atom. The summed E-state index contributed by atoms with van der Waals surface area (Å²) in [7, 11) is 0. The molecule has 1 N–H and O–H groups in total. The number of hydrogen-bond donors (Lipinski definition) is 1. The van der Waals surface area contributed by atoms with Crippen LogP contribution in [0.3, 0.4) is 0 Å². The largest absolute Gasteiger partial charge is 0.313 e. The molecule has 1 saturated heterocycles. The molecule has 1 fully saturated rings. The standard InChI is InChI=1S/C11H20N4S/c1-3-12-10-7-16-6-9(10)5-11-13-8-14-15(11)4-2/h8-10,12H,3-7H2,1-2H3. The highest BCUT2D eigenvalue weighted by Gasteiger charge is 2.28. The Labute approximate surface area is 101 Å². The lowest BCUT2D eigenvalue weighted by atomic mass is 9.99. The number of rotatable bonds is 5. The molecular formula is C11H20N4S. The van der Waals surface area contributed by atoms with E-state index in [1.807, 2.05) is 16.4 Å². The zero-order valence-electron chi connectivity index (χ0n) is 10.0. The van der Waals surface area contributed by atoms with E-state index in [1.165, 1.54) is 11.5 Å². The molecule has 16 heavy (non-hydrogen) atoms.